The van der Waals surface area contributed by atoms with Crippen molar-refractivity contribution in [1.82, 2.24) is 14.8 Å². The van der Waals surface area contributed by atoms with Gasteiger partial charge in [0.1, 0.15) is 0 Å². The number of carbonyl (C=O) groups is 1. The van der Waals surface area contributed by atoms with Gasteiger partial charge in [-0.15, -0.1) is 10.2 Å². The van der Waals surface area contributed by atoms with Gasteiger partial charge >= 0.3 is 0 Å². The first kappa shape index (κ1) is 20.0. The van der Waals surface area contributed by atoms with Crippen LogP contribution in [0.15, 0.2) is 47.6 Å². The van der Waals surface area contributed by atoms with Crippen molar-refractivity contribution in [1.29, 1.82) is 0 Å². The number of ketones is 1. The Morgan fingerprint density at radius 2 is 2.04 bits per heavy atom. The second-order valence-corrected chi connectivity index (χ2v) is 7.41. The molecule has 0 spiro atoms. The van der Waals surface area contributed by atoms with Gasteiger partial charge < -0.3 is 4.57 Å². The van der Waals surface area contributed by atoms with E-state index in [0.29, 0.717) is 33.7 Å². The van der Waals surface area contributed by atoms with Gasteiger partial charge in [0.2, 0.25) is 0 Å². The van der Waals surface area contributed by atoms with E-state index in [2.05, 4.69) is 10.2 Å². The van der Waals surface area contributed by atoms with E-state index in [-0.39, 0.29) is 17.2 Å². The van der Waals surface area contributed by atoms with Crippen LogP contribution in [-0.2, 0) is 6.54 Å². The molecule has 3 rings (SSSR count). The number of Topliss-reactive ketones (excluding diaryl/α,β-unsaturated/α-hetero) is 1. The van der Waals surface area contributed by atoms with Crippen molar-refractivity contribution >= 4 is 34.8 Å². The molecule has 0 aliphatic heterocycles. The highest BCUT2D eigenvalue weighted by Gasteiger charge is 2.18. The molecule has 0 N–H and O–H groups in total. The molecule has 0 saturated heterocycles. The van der Waals surface area contributed by atoms with Crippen molar-refractivity contribution in [2.75, 3.05) is 5.75 Å². The summed E-state index contributed by atoms with van der Waals surface area (Å²) in [6.07, 6.45) is 0. The van der Waals surface area contributed by atoms with E-state index in [1.807, 2.05) is 29.7 Å². The molecule has 9 heteroatoms. The zero-order valence-electron chi connectivity index (χ0n) is 15.3. The lowest BCUT2D eigenvalue weighted by atomic mass is 10.1. The predicted molar refractivity (Wildman–Crippen MR) is 109 cm³/mol. The van der Waals surface area contributed by atoms with Gasteiger partial charge in [-0.1, -0.05) is 47.6 Å². The maximum Gasteiger partial charge on any atom is 0.273 e. The molecule has 144 valence electrons. The summed E-state index contributed by atoms with van der Waals surface area (Å²) in [6, 6.07) is 11.8. The molecule has 0 unspecified atom stereocenters. The number of nitrogens with zero attached hydrogens (tertiary/aromatic N) is 4. The number of carbonyl (C=O) groups excluding carboxylic acids is 1. The van der Waals surface area contributed by atoms with Crippen LogP contribution in [0.5, 0.6) is 0 Å². The van der Waals surface area contributed by atoms with Crippen LogP contribution in [0, 0.1) is 17.0 Å². The molecule has 2 aromatic carbocycles. The summed E-state index contributed by atoms with van der Waals surface area (Å²) in [5, 5.41) is 20.7. The molecule has 0 atom stereocenters. The van der Waals surface area contributed by atoms with E-state index in [9.17, 15) is 14.9 Å². The number of aryl methyl sites for hydroxylation is 1. The number of halogens is 1. The van der Waals surface area contributed by atoms with Crippen LogP contribution in [0.1, 0.15) is 22.8 Å². The maximum atomic E-state index is 12.5. The van der Waals surface area contributed by atoms with Crippen LogP contribution in [0.4, 0.5) is 5.69 Å². The highest BCUT2D eigenvalue weighted by molar-refractivity contribution is 7.99. The molecule has 0 radical (unpaired) electrons. The predicted octanol–water partition coefficient (Wildman–Crippen LogP) is 4.81. The Morgan fingerprint density at radius 1 is 1.25 bits per heavy atom. The molecule has 0 aliphatic carbocycles. The standard InChI is InChI=1S/C19H17ClN4O3S/c1-3-23-18(14-5-4-6-15(20)9-14)21-22-19(23)28-11-17(25)13-8-7-12(2)16(10-13)24(26)27/h4-10H,3,11H2,1-2H3. The van der Waals surface area contributed by atoms with E-state index in [0.717, 1.165) is 5.56 Å². The van der Waals surface area contributed by atoms with Gasteiger partial charge in [-0.2, -0.15) is 0 Å². The summed E-state index contributed by atoms with van der Waals surface area (Å²) in [4.78, 5) is 23.1. The third-order valence-corrected chi connectivity index (χ3v) is 5.38. The topological polar surface area (TPSA) is 90.9 Å². The molecule has 1 heterocycles. The van der Waals surface area contributed by atoms with E-state index in [1.165, 1.54) is 17.8 Å². The van der Waals surface area contributed by atoms with Crippen LogP contribution >= 0.6 is 23.4 Å². The number of aromatic nitrogens is 3. The first-order valence-electron chi connectivity index (χ1n) is 8.51. The molecular formula is C19H17ClN4O3S. The van der Waals surface area contributed by atoms with E-state index in [4.69, 9.17) is 11.6 Å². The van der Waals surface area contributed by atoms with E-state index in [1.54, 1.807) is 25.1 Å². The van der Waals surface area contributed by atoms with Crippen LogP contribution in [-0.4, -0.2) is 31.2 Å². The minimum absolute atomic E-state index is 0.0594. The molecule has 0 aliphatic rings. The third-order valence-electron chi connectivity index (χ3n) is 4.18. The Labute approximate surface area is 170 Å². The van der Waals surface area contributed by atoms with Gasteiger partial charge in [0.15, 0.2) is 16.8 Å². The van der Waals surface area contributed by atoms with Crippen molar-refractivity contribution in [3.63, 3.8) is 0 Å². The second kappa shape index (κ2) is 8.53. The Kier molecular flexibility index (Phi) is 6.11. The lowest BCUT2D eigenvalue weighted by molar-refractivity contribution is -0.385. The van der Waals surface area contributed by atoms with Crippen molar-refractivity contribution in [3.05, 3.63) is 68.7 Å². The number of nitro benzene ring substituents is 1. The normalized spacial score (nSPS) is 10.8. The van der Waals surface area contributed by atoms with Crippen LogP contribution in [0.3, 0.4) is 0 Å². The molecule has 0 amide bonds. The zero-order chi connectivity index (χ0) is 20.3. The van der Waals surface area contributed by atoms with Crippen LogP contribution in [0.25, 0.3) is 11.4 Å². The molecule has 28 heavy (non-hydrogen) atoms. The maximum absolute atomic E-state index is 12.5. The largest absolute Gasteiger partial charge is 0.302 e. The average Bonchev–Trinajstić information content (AvgIpc) is 3.09. The Bertz CT molecular complexity index is 1050. The molecular weight excluding hydrogens is 400 g/mol. The number of hydrogen-bond acceptors (Lipinski definition) is 6. The van der Waals surface area contributed by atoms with Gasteiger partial charge in [0.25, 0.3) is 5.69 Å². The zero-order valence-corrected chi connectivity index (χ0v) is 16.8. The Hall–Kier alpha value is -2.71. The van der Waals surface area contributed by atoms with Crippen molar-refractivity contribution in [3.8, 4) is 11.4 Å². The fourth-order valence-electron chi connectivity index (χ4n) is 2.71. The molecule has 3 aromatic rings. The van der Waals surface area contributed by atoms with E-state index >= 15 is 0 Å². The molecule has 7 nitrogen and oxygen atoms in total. The Morgan fingerprint density at radius 3 is 2.71 bits per heavy atom. The molecule has 0 saturated carbocycles. The smallest absolute Gasteiger partial charge is 0.273 e. The van der Waals surface area contributed by atoms with Gasteiger partial charge in [-0.3, -0.25) is 14.9 Å². The minimum Gasteiger partial charge on any atom is -0.302 e. The SMILES string of the molecule is CCn1c(SCC(=O)c2ccc(C)c([N+](=O)[O-])c2)nnc1-c1cccc(Cl)c1. The van der Waals surface area contributed by atoms with Crippen molar-refractivity contribution < 1.29 is 9.72 Å². The van der Waals surface area contributed by atoms with Gasteiger partial charge in [-0.05, 0) is 26.0 Å². The number of nitro groups is 1. The summed E-state index contributed by atoms with van der Waals surface area (Å²) in [6.45, 7) is 4.23. The lowest BCUT2D eigenvalue weighted by Gasteiger charge is -2.07. The molecule has 1 aromatic heterocycles. The summed E-state index contributed by atoms with van der Waals surface area (Å²) in [5.41, 5.74) is 1.61. The summed E-state index contributed by atoms with van der Waals surface area (Å²) < 4.78 is 1.90. The number of benzene rings is 2. The van der Waals surface area contributed by atoms with Gasteiger partial charge in [-0.25, -0.2) is 0 Å². The average molecular weight is 417 g/mol. The fraction of sp³-hybridized carbons (Fsp3) is 0.211. The molecule has 0 bridgehead atoms. The van der Waals surface area contributed by atoms with E-state index < -0.39 is 4.92 Å². The van der Waals surface area contributed by atoms with Gasteiger partial charge in [0.05, 0.1) is 10.7 Å². The molecule has 0 fully saturated rings. The van der Waals surface area contributed by atoms with Crippen LogP contribution in [0.2, 0.25) is 5.02 Å². The first-order chi connectivity index (χ1) is 13.4. The number of rotatable bonds is 7. The van der Waals surface area contributed by atoms with Crippen molar-refractivity contribution in [2.24, 2.45) is 0 Å². The van der Waals surface area contributed by atoms with Crippen LogP contribution < -0.4 is 0 Å². The summed E-state index contributed by atoms with van der Waals surface area (Å²) >= 11 is 7.31. The summed E-state index contributed by atoms with van der Waals surface area (Å²) in [7, 11) is 0. The summed E-state index contributed by atoms with van der Waals surface area (Å²) in [5.74, 6) is 0.572. The highest BCUT2D eigenvalue weighted by atomic mass is 35.5. The second-order valence-electron chi connectivity index (χ2n) is 6.03. The minimum atomic E-state index is -0.482. The van der Waals surface area contributed by atoms with Crippen molar-refractivity contribution in [2.45, 2.75) is 25.5 Å². The quantitative estimate of drug-likeness (QED) is 0.237. The number of hydrogen-bond donors (Lipinski definition) is 0. The lowest BCUT2D eigenvalue weighted by Crippen LogP contribution is -2.06. The third kappa shape index (κ3) is 4.23. The monoisotopic (exact) mass is 416 g/mol. The highest BCUT2D eigenvalue weighted by Crippen LogP contribution is 2.27. The first-order valence-corrected chi connectivity index (χ1v) is 9.87. The van der Waals surface area contributed by atoms with Gasteiger partial charge in [0, 0.05) is 34.3 Å². The Balaban J connectivity index is 1.79. The fourth-order valence-corrected chi connectivity index (χ4v) is 3.80. The number of thioether (sulfide) groups is 1.